The van der Waals surface area contributed by atoms with Crippen molar-refractivity contribution in [2.75, 3.05) is 0 Å². The second-order valence-electron chi connectivity index (χ2n) is 12.3. The van der Waals surface area contributed by atoms with E-state index in [-0.39, 0.29) is 0 Å². The van der Waals surface area contributed by atoms with Crippen LogP contribution in [0.2, 0.25) is 0 Å². The molecule has 0 N–H and O–H groups in total. The summed E-state index contributed by atoms with van der Waals surface area (Å²) in [6.45, 7) is 0. The molecule has 49 heavy (non-hydrogen) atoms. The van der Waals surface area contributed by atoms with Gasteiger partial charge in [0.05, 0.1) is 34.3 Å². The first-order chi connectivity index (χ1) is 24.2. The van der Waals surface area contributed by atoms with Crippen molar-refractivity contribution in [3.05, 3.63) is 175 Å². The Labute approximate surface area is 283 Å². The van der Waals surface area contributed by atoms with Crippen LogP contribution in [-0.2, 0) is 0 Å². The van der Waals surface area contributed by atoms with Crippen LogP contribution in [0.4, 0.5) is 0 Å². The average molecular weight is 622 g/mol. The molecule has 0 unspecified atom stereocenters. The summed E-state index contributed by atoms with van der Waals surface area (Å²) in [4.78, 5) is 0. The van der Waals surface area contributed by atoms with Crippen LogP contribution in [0.25, 0.3) is 82.4 Å². The molecule has 0 bridgehead atoms. The zero-order valence-corrected chi connectivity index (χ0v) is 26.4. The second kappa shape index (κ2) is 11.4. The molecule has 1 aromatic heterocycles. The summed E-state index contributed by atoms with van der Waals surface area (Å²) in [5.74, 6) is 0. The fourth-order valence-electron chi connectivity index (χ4n) is 7.51. The molecule has 0 aliphatic heterocycles. The van der Waals surface area contributed by atoms with Crippen LogP contribution in [0.1, 0.15) is 11.1 Å². The van der Waals surface area contributed by atoms with Gasteiger partial charge in [-0.15, -0.1) is 0 Å². The van der Waals surface area contributed by atoms with Crippen LogP contribution in [0, 0.1) is 22.7 Å². The average Bonchev–Trinajstić information content (AvgIpc) is 3.50. The number of rotatable bonds is 4. The summed E-state index contributed by atoms with van der Waals surface area (Å²) in [5, 5.41) is 26.8. The minimum Gasteiger partial charge on any atom is -0.309 e. The molecule has 0 atom stereocenters. The number of hydrogen-bond donors (Lipinski definition) is 0. The summed E-state index contributed by atoms with van der Waals surface area (Å²) in [6, 6.07) is 61.4. The minimum atomic E-state index is 0.637. The Morgan fingerprint density at radius 3 is 1.67 bits per heavy atom. The number of fused-ring (bicyclic) bond motifs is 5. The molecule has 0 aliphatic rings. The van der Waals surface area contributed by atoms with Gasteiger partial charge in [-0.2, -0.15) is 10.5 Å². The predicted octanol–water partition coefficient (Wildman–Crippen LogP) is 11.8. The van der Waals surface area contributed by atoms with E-state index in [1.165, 1.54) is 11.1 Å². The highest BCUT2D eigenvalue weighted by Gasteiger charge is 2.19. The van der Waals surface area contributed by atoms with E-state index < -0.39 is 0 Å². The van der Waals surface area contributed by atoms with Gasteiger partial charge in [0.2, 0.25) is 0 Å². The van der Waals surface area contributed by atoms with Crippen molar-refractivity contribution in [1.82, 2.24) is 4.57 Å². The lowest BCUT2D eigenvalue weighted by atomic mass is 9.84. The maximum atomic E-state index is 10.5. The van der Waals surface area contributed by atoms with Crippen molar-refractivity contribution >= 4 is 43.4 Å². The van der Waals surface area contributed by atoms with E-state index in [0.717, 1.165) is 71.3 Å². The zero-order valence-electron chi connectivity index (χ0n) is 26.4. The van der Waals surface area contributed by atoms with Crippen LogP contribution in [0.15, 0.2) is 164 Å². The van der Waals surface area contributed by atoms with Crippen molar-refractivity contribution < 1.29 is 0 Å². The molecule has 3 heteroatoms. The molecule has 226 valence electrons. The van der Waals surface area contributed by atoms with Crippen molar-refractivity contribution in [3.8, 4) is 51.2 Å². The maximum Gasteiger partial charge on any atom is 0.0998 e. The Kier molecular flexibility index (Phi) is 6.58. The van der Waals surface area contributed by atoms with E-state index in [4.69, 9.17) is 0 Å². The van der Waals surface area contributed by atoms with Crippen molar-refractivity contribution in [1.29, 1.82) is 10.5 Å². The van der Waals surface area contributed by atoms with E-state index in [1.54, 1.807) is 0 Å². The maximum absolute atomic E-state index is 10.5. The zero-order chi connectivity index (χ0) is 32.9. The predicted molar refractivity (Wildman–Crippen MR) is 202 cm³/mol. The van der Waals surface area contributed by atoms with Crippen LogP contribution in [0.3, 0.4) is 0 Å². The molecular formula is C46H27N3. The summed E-state index contributed by atoms with van der Waals surface area (Å²) in [7, 11) is 0. The molecule has 0 aliphatic carbocycles. The molecule has 9 aromatic rings. The Morgan fingerprint density at radius 1 is 0.388 bits per heavy atom. The number of para-hydroxylation sites is 1. The quantitative estimate of drug-likeness (QED) is 0.184. The number of benzene rings is 8. The Morgan fingerprint density at radius 2 is 0.980 bits per heavy atom. The lowest BCUT2D eigenvalue weighted by molar-refractivity contribution is 1.18. The van der Waals surface area contributed by atoms with Gasteiger partial charge in [0.15, 0.2) is 0 Å². The third kappa shape index (κ3) is 4.49. The van der Waals surface area contributed by atoms with Crippen LogP contribution in [0.5, 0.6) is 0 Å². The molecule has 0 amide bonds. The number of nitriles is 2. The van der Waals surface area contributed by atoms with Gasteiger partial charge in [-0.3, -0.25) is 0 Å². The summed E-state index contributed by atoms with van der Waals surface area (Å²) < 4.78 is 2.27. The SMILES string of the molecule is N#Cc1ccc2c(c1)c1ccccc1n2-c1cccc(-c2ccc(C#N)c(-c3c4ccccc4c(-c4ccccc4)c4ccccc34)c2)c1. The highest BCUT2D eigenvalue weighted by atomic mass is 15.0. The Bertz CT molecular complexity index is 2790. The summed E-state index contributed by atoms with van der Waals surface area (Å²) >= 11 is 0. The normalized spacial score (nSPS) is 11.2. The van der Waals surface area contributed by atoms with Gasteiger partial charge in [0, 0.05) is 22.0 Å². The van der Waals surface area contributed by atoms with E-state index in [9.17, 15) is 10.5 Å². The number of aromatic nitrogens is 1. The fraction of sp³-hybridized carbons (Fsp3) is 0. The minimum absolute atomic E-state index is 0.637. The Balaban J connectivity index is 1.28. The number of hydrogen-bond acceptors (Lipinski definition) is 2. The van der Waals surface area contributed by atoms with E-state index in [0.29, 0.717) is 11.1 Å². The molecule has 0 radical (unpaired) electrons. The van der Waals surface area contributed by atoms with E-state index in [1.807, 2.05) is 36.4 Å². The molecule has 1 heterocycles. The monoisotopic (exact) mass is 621 g/mol. The third-order valence-corrected chi connectivity index (χ3v) is 9.64. The van der Waals surface area contributed by atoms with Gasteiger partial charge in [0.25, 0.3) is 0 Å². The van der Waals surface area contributed by atoms with Gasteiger partial charge in [-0.25, -0.2) is 0 Å². The fourth-order valence-corrected chi connectivity index (χ4v) is 7.51. The van der Waals surface area contributed by atoms with Crippen molar-refractivity contribution in [3.63, 3.8) is 0 Å². The van der Waals surface area contributed by atoms with Gasteiger partial charge >= 0.3 is 0 Å². The molecule has 9 rings (SSSR count). The molecule has 8 aromatic carbocycles. The lowest BCUT2D eigenvalue weighted by Crippen LogP contribution is -1.95. The standard InChI is InChI=1S/C46H27N3/c47-28-30-21-24-44-42(25-30)36-15-8-9-20-43(36)49(44)35-14-10-13-32(26-35)33-22-23-34(29-48)41(27-33)46-39-18-6-4-16-37(39)45(31-11-2-1-3-12-31)38-17-5-7-19-40(38)46/h1-27H. The van der Waals surface area contributed by atoms with Crippen LogP contribution < -0.4 is 0 Å². The van der Waals surface area contributed by atoms with E-state index >= 15 is 0 Å². The topological polar surface area (TPSA) is 52.5 Å². The lowest BCUT2D eigenvalue weighted by Gasteiger charge is -2.19. The van der Waals surface area contributed by atoms with Gasteiger partial charge < -0.3 is 4.57 Å². The largest absolute Gasteiger partial charge is 0.309 e. The highest BCUT2D eigenvalue weighted by molar-refractivity contribution is 6.22. The number of nitrogens with zero attached hydrogens (tertiary/aromatic N) is 3. The molecule has 0 fully saturated rings. The summed E-state index contributed by atoms with van der Waals surface area (Å²) in [5.41, 5.74) is 10.9. The first-order valence-electron chi connectivity index (χ1n) is 16.3. The highest BCUT2D eigenvalue weighted by Crippen LogP contribution is 2.45. The molecule has 0 saturated heterocycles. The van der Waals surface area contributed by atoms with E-state index in [2.05, 4.69) is 144 Å². The molecular weight excluding hydrogens is 595 g/mol. The Hall–Kier alpha value is -6.94. The molecule has 3 nitrogen and oxygen atoms in total. The van der Waals surface area contributed by atoms with Crippen LogP contribution in [-0.4, -0.2) is 4.57 Å². The first kappa shape index (κ1) is 28.3. The van der Waals surface area contributed by atoms with Crippen LogP contribution >= 0.6 is 0 Å². The molecule has 0 saturated carbocycles. The van der Waals surface area contributed by atoms with Crippen molar-refractivity contribution in [2.24, 2.45) is 0 Å². The first-order valence-corrected chi connectivity index (χ1v) is 16.3. The smallest absolute Gasteiger partial charge is 0.0998 e. The third-order valence-electron chi connectivity index (χ3n) is 9.64. The van der Waals surface area contributed by atoms with Gasteiger partial charge in [-0.05, 0) is 97.9 Å². The van der Waals surface area contributed by atoms with Gasteiger partial charge in [0.1, 0.15) is 0 Å². The van der Waals surface area contributed by atoms with Gasteiger partial charge in [-0.1, -0.05) is 115 Å². The van der Waals surface area contributed by atoms with Crippen molar-refractivity contribution in [2.45, 2.75) is 0 Å². The molecule has 0 spiro atoms. The summed E-state index contributed by atoms with van der Waals surface area (Å²) in [6.07, 6.45) is 0. The second-order valence-corrected chi connectivity index (χ2v) is 12.3.